The van der Waals surface area contributed by atoms with E-state index in [-0.39, 0.29) is 5.41 Å². The van der Waals surface area contributed by atoms with Crippen LogP contribution in [-0.4, -0.2) is 17.1 Å². The summed E-state index contributed by atoms with van der Waals surface area (Å²) in [5, 5.41) is 0. The van der Waals surface area contributed by atoms with Crippen LogP contribution in [0.2, 0.25) is 0 Å². The monoisotopic (exact) mass is 240 g/mol. The first kappa shape index (κ1) is 15.7. The van der Waals surface area contributed by atoms with Crippen molar-refractivity contribution in [3.63, 3.8) is 0 Å². The molecular formula is C14H28OSi. The van der Waals surface area contributed by atoms with Crippen molar-refractivity contribution in [3.8, 4) is 0 Å². The van der Waals surface area contributed by atoms with Crippen LogP contribution in [0.25, 0.3) is 0 Å². The Labute approximate surface area is 105 Å². The summed E-state index contributed by atoms with van der Waals surface area (Å²) in [5.41, 5.74) is 0.0966. The van der Waals surface area contributed by atoms with Gasteiger partial charge < -0.3 is 4.43 Å². The maximum atomic E-state index is 5.27. The van der Waals surface area contributed by atoms with E-state index in [2.05, 4.69) is 46.1 Å². The average Bonchev–Trinajstić information content (AvgIpc) is 2.32. The zero-order valence-corrected chi connectivity index (χ0v) is 13.5. The van der Waals surface area contributed by atoms with Gasteiger partial charge in [0.25, 0.3) is 0 Å². The van der Waals surface area contributed by atoms with Gasteiger partial charge in [-0.25, -0.2) is 0 Å². The molecule has 0 aromatic heterocycles. The minimum absolute atomic E-state index is 0.0966. The van der Waals surface area contributed by atoms with Gasteiger partial charge in [-0.05, 0) is 24.7 Å². The van der Waals surface area contributed by atoms with Gasteiger partial charge in [0.1, 0.15) is 10.5 Å². The maximum absolute atomic E-state index is 5.27. The Morgan fingerprint density at radius 1 is 1.31 bits per heavy atom. The Kier molecular flexibility index (Phi) is 7.69. The van der Waals surface area contributed by atoms with Gasteiger partial charge in [-0.15, -0.1) is 13.2 Å². The number of allylic oxidation sites excluding steroid dienone is 2. The highest BCUT2D eigenvalue weighted by Gasteiger charge is 2.30. The molecule has 94 valence electrons. The lowest BCUT2D eigenvalue weighted by Crippen LogP contribution is -2.26. The molecule has 2 unspecified atom stereocenters. The van der Waals surface area contributed by atoms with E-state index in [1.807, 2.05) is 0 Å². The molecule has 0 aliphatic carbocycles. The predicted octanol–water partition coefficient (Wildman–Crippen LogP) is 3.10. The summed E-state index contributed by atoms with van der Waals surface area (Å²) in [6.45, 7) is 15.7. The second-order valence-electron chi connectivity index (χ2n) is 4.92. The summed E-state index contributed by atoms with van der Waals surface area (Å²) in [4.78, 5) is 0. The smallest absolute Gasteiger partial charge is 0.145 e. The van der Waals surface area contributed by atoms with Gasteiger partial charge in [0, 0.05) is 12.0 Å². The largest absolute Gasteiger partial charge is 0.428 e. The zero-order chi connectivity index (χ0) is 12.6. The summed E-state index contributed by atoms with van der Waals surface area (Å²) in [5.74, 6) is 1.28. The van der Waals surface area contributed by atoms with E-state index < -0.39 is 0 Å². The van der Waals surface area contributed by atoms with Gasteiger partial charge in [-0.3, -0.25) is 0 Å². The van der Waals surface area contributed by atoms with E-state index in [1.165, 1.54) is 6.42 Å². The normalized spacial score (nSPS) is 15.7. The van der Waals surface area contributed by atoms with E-state index in [9.17, 15) is 0 Å². The van der Waals surface area contributed by atoms with Crippen molar-refractivity contribution in [1.29, 1.82) is 0 Å². The van der Waals surface area contributed by atoms with Crippen LogP contribution in [0.1, 0.15) is 40.0 Å². The SMILES string of the molecule is C=CC(C=C)(CC(C)CCO[SiH3])C(C)CC. The summed E-state index contributed by atoms with van der Waals surface area (Å²) in [6, 6.07) is 0. The van der Waals surface area contributed by atoms with E-state index in [0.717, 1.165) is 29.9 Å². The van der Waals surface area contributed by atoms with Gasteiger partial charge in [-0.1, -0.05) is 39.3 Å². The fourth-order valence-corrected chi connectivity index (χ4v) is 2.49. The van der Waals surface area contributed by atoms with Crippen molar-refractivity contribution in [2.24, 2.45) is 17.3 Å². The first-order chi connectivity index (χ1) is 7.56. The summed E-state index contributed by atoms with van der Waals surface area (Å²) >= 11 is 0. The third-order valence-electron chi connectivity index (χ3n) is 3.81. The Balaban J connectivity index is 4.53. The molecule has 1 nitrogen and oxygen atoms in total. The molecule has 0 bridgehead atoms. The molecule has 0 aromatic carbocycles. The van der Waals surface area contributed by atoms with Crippen molar-refractivity contribution >= 4 is 10.5 Å². The molecule has 0 rings (SSSR count). The highest BCUT2D eigenvalue weighted by Crippen LogP contribution is 2.39. The molecule has 0 heterocycles. The lowest BCUT2D eigenvalue weighted by atomic mass is 9.69. The van der Waals surface area contributed by atoms with Crippen LogP contribution in [0, 0.1) is 17.3 Å². The van der Waals surface area contributed by atoms with Crippen LogP contribution < -0.4 is 0 Å². The van der Waals surface area contributed by atoms with Gasteiger partial charge in [0.2, 0.25) is 0 Å². The molecule has 0 aliphatic heterocycles. The summed E-state index contributed by atoms with van der Waals surface area (Å²) in [7, 11) is 0.845. The zero-order valence-electron chi connectivity index (χ0n) is 11.5. The average molecular weight is 240 g/mol. The van der Waals surface area contributed by atoms with E-state index >= 15 is 0 Å². The quantitative estimate of drug-likeness (QED) is 0.444. The molecule has 0 spiro atoms. The van der Waals surface area contributed by atoms with Crippen LogP contribution in [0.4, 0.5) is 0 Å². The van der Waals surface area contributed by atoms with Crippen LogP contribution in [0.3, 0.4) is 0 Å². The molecule has 0 amide bonds. The van der Waals surface area contributed by atoms with Crippen molar-refractivity contribution in [2.75, 3.05) is 6.61 Å². The van der Waals surface area contributed by atoms with Gasteiger partial charge in [0.05, 0.1) is 0 Å². The predicted molar refractivity (Wildman–Crippen MR) is 76.6 cm³/mol. The molecule has 0 aliphatic rings. The number of rotatable bonds is 9. The highest BCUT2D eigenvalue weighted by molar-refractivity contribution is 5.97. The van der Waals surface area contributed by atoms with Gasteiger partial charge in [-0.2, -0.15) is 0 Å². The van der Waals surface area contributed by atoms with Crippen LogP contribution >= 0.6 is 0 Å². The Hall–Kier alpha value is -0.343. The Bertz CT molecular complexity index is 205. The second kappa shape index (κ2) is 7.85. The molecule has 0 saturated carbocycles. The topological polar surface area (TPSA) is 9.23 Å². The van der Waals surface area contributed by atoms with E-state index in [1.54, 1.807) is 0 Å². The lowest BCUT2D eigenvalue weighted by Gasteiger charge is -2.35. The van der Waals surface area contributed by atoms with E-state index in [4.69, 9.17) is 4.43 Å². The molecule has 2 heteroatoms. The standard InChI is InChI=1S/C14H28OSi/c1-6-13(5)14(7-2,8-3)11-12(4)9-10-15-16/h7-8,12-13H,2-3,6,9-11H2,1,4-5,16H3. The van der Waals surface area contributed by atoms with E-state index in [0.29, 0.717) is 11.8 Å². The molecule has 0 N–H and O–H groups in total. The lowest BCUT2D eigenvalue weighted by molar-refractivity contribution is 0.222. The van der Waals surface area contributed by atoms with Crippen molar-refractivity contribution in [1.82, 2.24) is 0 Å². The number of hydrogen-bond acceptors (Lipinski definition) is 1. The van der Waals surface area contributed by atoms with Crippen molar-refractivity contribution in [3.05, 3.63) is 25.3 Å². The van der Waals surface area contributed by atoms with Crippen LogP contribution in [0.15, 0.2) is 25.3 Å². The first-order valence-electron chi connectivity index (χ1n) is 6.32. The first-order valence-corrected chi connectivity index (χ1v) is 7.14. The molecule has 0 radical (unpaired) electrons. The third-order valence-corrected chi connectivity index (χ3v) is 4.21. The Morgan fingerprint density at radius 3 is 2.25 bits per heavy atom. The second-order valence-corrected chi connectivity index (χ2v) is 5.50. The fraction of sp³-hybridized carbons (Fsp3) is 0.714. The fourth-order valence-electron chi connectivity index (χ4n) is 2.26. The highest BCUT2D eigenvalue weighted by atomic mass is 28.2. The molecule has 16 heavy (non-hydrogen) atoms. The van der Waals surface area contributed by atoms with Gasteiger partial charge in [0.15, 0.2) is 0 Å². The van der Waals surface area contributed by atoms with Gasteiger partial charge >= 0.3 is 0 Å². The minimum Gasteiger partial charge on any atom is -0.428 e. The van der Waals surface area contributed by atoms with Crippen LogP contribution in [0.5, 0.6) is 0 Å². The third kappa shape index (κ3) is 4.26. The maximum Gasteiger partial charge on any atom is 0.145 e. The molecule has 2 atom stereocenters. The number of hydrogen-bond donors (Lipinski definition) is 0. The molecule has 0 fully saturated rings. The Morgan fingerprint density at radius 2 is 1.88 bits per heavy atom. The van der Waals surface area contributed by atoms with Crippen LogP contribution in [-0.2, 0) is 4.43 Å². The molecular weight excluding hydrogens is 212 g/mol. The summed E-state index contributed by atoms with van der Waals surface area (Å²) in [6.07, 6.45) is 7.63. The molecule has 0 saturated heterocycles. The summed E-state index contributed by atoms with van der Waals surface area (Å²) < 4.78 is 5.27. The molecule has 0 aromatic rings. The minimum atomic E-state index is 0.0966. The van der Waals surface area contributed by atoms with Crippen molar-refractivity contribution in [2.45, 2.75) is 40.0 Å². The van der Waals surface area contributed by atoms with Crippen molar-refractivity contribution < 1.29 is 4.43 Å².